The summed E-state index contributed by atoms with van der Waals surface area (Å²) in [5.74, 6) is 0.425. The fourth-order valence-corrected chi connectivity index (χ4v) is 3.11. The third-order valence-electron chi connectivity index (χ3n) is 4.64. The van der Waals surface area contributed by atoms with Crippen molar-refractivity contribution >= 4 is 0 Å². The van der Waals surface area contributed by atoms with E-state index in [1.807, 2.05) is 0 Å². The van der Waals surface area contributed by atoms with Crippen LogP contribution in [0.1, 0.15) is 78.1 Å². The van der Waals surface area contributed by atoms with E-state index in [2.05, 4.69) is 13.8 Å². The van der Waals surface area contributed by atoms with Crippen molar-refractivity contribution in [3.05, 3.63) is 0 Å². The summed E-state index contributed by atoms with van der Waals surface area (Å²) in [6, 6.07) is 0. The van der Waals surface area contributed by atoms with Crippen LogP contribution in [0.5, 0.6) is 0 Å². The van der Waals surface area contributed by atoms with Gasteiger partial charge in [-0.2, -0.15) is 0 Å². The lowest BCUT2D eigenvalue weighted by Crippen LogP contribution is -2.47. The Balaban J connectivity index is 2.24. The number of rotatable bonds is 10. The maximum absolute atomic E-state index is 9.73. The average molecular weight is 286 g/mol. The summed E-state index contributed by atoms with van der Waals surface area (Å²) in [6.45, 7) is 4.53. The van der Waals surface area contributed by atoms with Crippen LogP contribution < -0.4 is 0 Å². The van der Waals surface area contributed by atoms with Crippen molar-refractivity contribution in [1.29, 1.82) is 0 Å². The molecule has 0 aromatic heterocycles. The van der Waals surface area contributed by atoms with Crippen molar-refractivity contribution in [1.82, 2.24) is 0 Å². The van der Waals surface area contributed by atoms with Crippen LogP contribution in [0.25, 0.3) is 0 Å². The highest BCUT2D eigenvalue weighted by Gasteiger charge is 2.39. The van der Waals surface area contributed by atoms with E-state index >= 15 is 0 Å². The maximum atomic E-state index is 9.73. The molecule has 2 unspecified atom stereocenters. The molecule has 1 saturated heterocycles. The van der Waals surface area contributed by atoms with Gasteiger partial charge in [-0.05, 0) is 19.3 Å². The highest BCUT2D eigenvalue weighted by molar-refractivity contribution is 4.86. The molecule has 0 amide bonds. The highest BCUT2D eigenvalue weighted by atomic mass is 16.7. The lowest BCUT2D eigenvalue weighted by molar-refractivity contribution is -0.259. The topological polar surface area (TPSA) is 38.7 Å². The molecule has 1 heterocycles. The van der Waals surface area contributed by atoms with E-state index in [0.717, 1.165) is 25.7 Å². The Kier molecular flexibility index (Phi) is 8.74. The number of aliphatic hydroxyl groups is 1. The van der Waals surface area contributed by atoms with E-state index in [1.165, 1.54) is 38.5 Å². The second-order valence-electron chi connectivity index (χ2n) is 6.45. The summed E-state index contributed by atoms with van der Waals surface area (Å²) in [7, 11) is 1.70. The van der Waals surface area contributed by atoms with Crippen LogP contribution in [0, 0.1) is 5.92 Å². The first kappa shape index (κ1) is 17.9. The molecule has 120 valence electrons. The number of hydrogen-bond donors (Lipinski definition) is 1. The number of unbranched alkanes of at least 4 members (excludes halogenated alkanes) is 6. The third kappa shape index (κ3) is 5.71. The molecular weight excluding hydrogens is 252 g/mol. The highest BCUT2D eigenvalue weighted by Crippen LogP contribution is 2.36. The second kappa shape index (κ2) is 9.75. The molecule has 0 aromatic carbocycles. The molecule has 0 radical (unpaired) electrons. The van der Waals surface area contributed by atoms with E-state index in [0.29, 0.717) is 5.92 Å². The average Bonchev–Trinajstić information content (AvgIpc) is 2.48. The summed E-state index contributed by atoms with van der Waals surface area (Å²) in [4.78, 5) is 0. The SMILES string of the molecule is CCCCCCCCC[C@@]1(CO)CCC(C)C(OC)O1. The predicted octanol–water partition coefficient (Wildman–Crippen LogP) is 4.28. The van der Waals surface area contributed by atoms with Gasteiger partial charge in [0.15, 0.2) is 6.29 Å². The summed E-state index contributed by atoms with van der Waals surface area (Å²) in [6.07, 6.45) is 11.9. The minimum Gasteiger partial charge on any atom is -0.393 e. The van der Waals surface area contributed by atoms with Crippen LogP contribution in [0.4, 0.5) is 0 Å². The normalized spacial score (nSPS) is 30.6. The molecule has 1 rings (SSSR count). The van der Waals surface area contributed by atoms with Gasteiger partial charge in [0.1, 0.15) is 0 Å². The number of hydrogen-bond acceptors (Lipinski definition) is 3. The lowest BCUT2D eigenvalue weighted by Gasteiger charge is -2.42. The summed E-state index contributed by atoms with van der Waals surface area (Å²) < 4.78 is 11.5. The van der Waals surface area contributed by atoms with E-state index in [9.17, 15) is 5.11 Å². The fraction of sp³-hybridized carbons (Fsp3) is 1.00. The molecule has 1 N–H and O–H groups in total. The van der Waals surface area contributed by atoms with Gasteiger partial charge in [-0.15, -0.1) is 0 Å². The van der Waals surface area contributed by atoms with Crippen molar-refractivity contribution in [3.8, 4) is 0 Å². The van der Waals surface area contributed by atoms with Gasteiger partial charge in [-0.3, -0.25) is 0 Å². The van der Waals surface area contributed by atoms with Crippen LogP contribution in [0.2, 0.25) is 0 Å². The Morgan fingerprint density at radius 2 is 1.80 bits per heavy atom. The Morgan fingerprint density at radius 3 is 2.40 bits per heavy atom. The Labute approximate surface area is 125 Å². The second-order valence-corrected chi connectivity index (χ2v) is 6.45. The minimum absolute atomic E-state index is 0.120. The summed E-state index contributed by atoms with van der Waals surface area (Å²) in [5.41, 5.74) is -0.351. The van der Waals surface area contributed by atoms with E-state index < -0.39 is 0 Å². The van der Waals surface area contributed by atoms with E-state index in [4.69, 9.17) is 9.47 Å². The maximum Gasteiger partial charge on any atom is 0.160 e. The van der Waals surface area contributed by atoms with Crippen LogP contribution in [-0.4, -0.2) is 30.7 Å². The first-order valence-corrected chi connectivity index (χ1v) is 8.49. The van der Waals surface area contributed by atoms with Gasteiger partial charge in [0.25, 0.3) is 0 Å². The first-order chi connectivity index (χ1) is 9.67. The molecule has 0 saturated carbocycles. The zero-order valence-corrected chi connectivity index (χ0v) is 13.7. The van der Waals surface area contributed by atoms with Crippen molar-refractivity contribution in [3.63, 3.8) is 0 Å². The standard InChI is InChI=1S/C17H34O3/c1-4-5-6-7-8-9-10-12-17(14-18)13-11-15(2)16(19-3)20-17/h15-16,18H,4-14H2,1-3H3/t15?,16?,17-/m0/s1. The molecule has 0 aliphatic carbocycles. The molecule has 1 fully saturated rings. The zero-order valence-electron chi connectivity index (χ0n) is 13.7. The molecule has 0 bridgehead atoms. The van der Waals surface area contributed by atoms with E-state index in [1.54, 1.807) is 7.11 Å². The van der Waals surface area contributed by atoms with Crippen molar-refractivity contribution in [2.75, 3.05) is 13.7 Å². The Hall–Kier alpha value is -0.120. The molecular formula is C17H34O3. The van der Waals surface area contributed by atoms with E-state index in [-0.39, 0.29) is 18.5 Å². The largest absolute Gasteiger partial charge is 0.393 e. The molecule has 1 aliphatic rings. The van der Waals surface area contributed by atoms with Crippen LogP contribution >= 0.6 is 0 Å². The molecule has 0 aromatic rings. The molecule has 20 heavy (non-hydrogen) atoms. The monoisotopic (exact) mass is 286 g/mol. The Bertz CT molecular complexity index is 244. The van der Waals surface area contributed by atoms with Crippen LogP contribution in [0.3, 0.4) is 0 Å². The number of ether oxygens (including phenoxy) is 2. The quantitative estimate of drug-likeness (QED) is 0.609. The smallest absolute Gasteiger partial charge is 0.160 e. The van der Waals surface area contributed by atoms with Gasteiger partial charge in [0.2, 0.25) is 0 Å². The predicted molar refractivity (Wildman–Crippen MR) is 82.7 cm³/mol. The molecule has 0 spiro atoms. The van der Waals surface area contributed by atoms with Gasteiger partial charge >= 0.3 is 0 Å². The van der Waals surface area contributed by atoms with Gasteiger partial charge in [-0.25, -0.2) is 0 Å². The van der Waals surface area contributed by atoms with Crippen molar-refractivity contribution < 1.29 is 14.6 Å². The minimum atomic E-state index is -0.351. The lowest BCUT2D eigenvalue weighted by atomic mass is 9.85. The van der Waals surface area contributed by atoms with Crippen LogP contribution in [-0.2, 0) is 9.47 Å². The summed E-state index contributed by atoms with van der Waals surface area (Å²) >= 11 is 0. The molecule has 3 heteroatoms. The van der Waals surface area contributed by atoms with Gasteiger partial charge < -0.3 is 14.6 Å². The van der Waals surface area contributed by atoms with Crippen LogP contribution in [0.15, 0.2) is 0 Å². The zero-order chi connectivity index (χ0) is 14.8. The summed E-state index contributed by atoms with van der Waals surface area (Å²) in [5, 5.41) is 9.73. The molecule has 1 aliphatic heterocycles. The fourth-order valence-electron chi connectivity index (χ4n) is 3.11. The van der Waals surface area contributed by atoms with Crippen molar-refractivity contribution in [2.24, 2.45) is 5.92 Å². The van der Waals surface area contributed by atoms with Gasteiger partial charge in [0, 0.05) is 13.0 Å². The number of aliphatic hydroxyl groups excluding tert-OH is 1. The third-order valence-corrected chi connectivity index (χ3v) is 4.64. The Morgan fingerprint density at radius 1 is 1.15 bits per heavy atom. The van der Waals surface area contributed by atoms with Gasteiger partial charge in [-0.1, -0.05) is 58.8 Å². The van der Waals surface area contributed by atoms with Crippen molar-refractivity contribution in [2.45, 2.75) is 89.9 Å². The number of methoxy groups -OCH3 is 1. The van der Waals surface area contributed by atoms with Gasteiger partial charge in [0.05, 0.1) is 12.2 Å². The molecule has 3 atom stereocenters. The first-order valence-electron chi connectivity index (χ1n) is 8.49. The molecule has 3 nitrogen and oxygen atoms in total.